The lowest BCUT2D eigenvalue weighted by molar-refractivity contribution is -0.132. The highest BCUT2D eigenvalue weighted by Gasteiger charge is 2.42. The Morgan fingerprint density at radius 2 is 2.08 bits per heavy atom. The molecule has 1 aliphatic carbocycles. The number of fused-ring (bicyclic) bond motifs is 1. The fourth-order valence-corrected chi connectivity index (χ4v) is 4.23. The molecule has 1 aromatic rings. The summed E-state index contributed by atoms with van der Waals surface area (Å²) >= 11 is 0. The summed E-state index contributed by atoms with van der Waals surface area (Å²) in [5.41, 5.74) is 0.925. The van der Waals surface area contributed by atoms with Crippen molar-refractivity contribution >= 4 is 11.7 Å². The quantitative estimate of drug-likeness (QED) is 0.916. The van der Waals surface area contributed by atoms with Crippen LogP contribution in [0.25, 0.3) is 0 Å². The van der Waals surface area contributed by atoms with Crippen molar-refractivity contribution in [3.05, 3.63) is 17.8 Å². The highest BCUT2D eigenvalue weighted by Crippen LogP contribution is 2.34. The van der Waals surface area contributed by atoms with E-state index < -0.39 is 0 Å². The standard InChI is InChI=1S/C18H26N4O2/c1-12-6-7-17(21-20-12)22-9-8-13-10-15(24-16(13)11-22)18(23)19-14-4-2-3-5-14/h6-7,13-16H,2-5,8-11H2,1H3,(H,19,23)/t13-,15-,16-/m1/s1. The van der Waals surface area contributed by atoms with Crippen molar-refractivity contribution in [3.63, 3.8) is 0 Å². The second kappa shape index (κ2) is 6.67. The number of nitrogens with zero attached hydrogens (tertiary/aromatic N) is 3. The summed E-state index contributed by atoms with van der Waals surface area (Å²) < 4.78 is 6.11. The fraction of sp³-hybridized carbons (Fsp3) is 0.722. The number of piperidine rings is 1. The van der Waals surface area contributed by atoms with Crippen LogP contribution in [0, 0.1) is 12.8 Å². The lowest BCUT2D eigenvalue weighted by Gasteiger charge is -2.34. The van der Waals surface area contributed by atoms with Gasteiger partial charge in [-0.25, -0.2) is 0 Å². The Morgan fingerprint density at radius 1 is 1.25 bits per heavy atom. The summed E-state index contributed by atoms with van der Waals surface area (Å²) in [6, 6.07) is 4.37. The normalized spacial score (nSPS) is 30.4. The van der Waals surface area contributed by atoms with E-state index in [0.717, 1.165) is 50.3 Å². The fourth-order valence-electron chi connectivity index (χ4n) is 4.23. The van der Waals surface area contributed by atoms with E-state index in [1.165, 1.54) is 12.8 Å². The maximum Gasteiger partial charge on any atom is 0.249 e. The lowest BCUT2D eigenvalue weighted by atomic mass is 9.91. The Hall–Kier alpha value is -1.69. The van der Waals surface area contributed by atoms with Gasteiger partial charge in [-0.1, -0.05) is 12.8 Å². The summed E-state index contributed by atoms with van der Waals surface area (Å²) in [6.07, 6.45) is 6.45. The number of nitrogens with one attached hydrogen (secondary N) is 1. The summed E-state index contributed by atoms with van der Waals surface area (Å²) in [4.78, 5) is 14.7. The van der Waals surface area contributed by atoms with Gasteiger partial charge >= 0.3 is 0 Å². The first-order chi connectivity index (χ1) is 11.7. The van der Waals surface area contributed by atoms with Crippen molar-refractivity contribution in [2.45, 2.75) is 63.7 Å². The number of aromatic nitrogens is 2. The molecule has 2 aliphatic heterocycles. The van der Waals surface area contributed by atoms with Crippen LogP contribution in [0.2, 0.25) is 0 Å². The molecule has 0 aromatic carbocycles. The van der Waals surface area contributed by atoms with Crippen LogP contribution < -0.4 is 10.2 Å². The van der Waals surface area contributed by atoms with Crippen LogP contribution >= 0.6 is 0 Å². The average molecular weight is 330 g/mol. The molecule has 1 amide bonds. The maximum atomic E-state index is 12.5. The Kier molecular flexibility index (Phi) is 4.39. The number of hydrogen-bond donors (Lipinski definition) is 1. The van der Waals surface area contributed by atoms with Gasteiger partial charge in [0.2, 0.25) is 5.91 Å². The second-order valence-electron chi connectivity index (χ2n) is 7.42. The Labute approximate surface area is 143 Å². The Bertz CT molecular complexity index is 585. The molecular formula is C18H26N4O2. The van der Waals surface area contributed by atoms with Crippen molar-refractivity contribution in [1.82, 2.24) is 15.5 Å². The summed E-state index contributed by atoms with van der Waals surface area (Å²) in [5, 5.41) is 11.6. The lowest BCUT2D eigenvalue weighted by Crippen LogP contribution is -2.43. The van der Waals surface area contributed by atoms with Crippen LogP contribution in [0.3, 0.4) is 0 Å². The zero-order chi connectivity index (χ0) is 16.5. The van der Waals surface area contributed by atoms with Gasteiger partial charge in [0.15, 0.2) is 5.82 Å². The van der Waals surface area contributed by atoms with Gasteiger partial charge in [-0.2, -0.15) is 5.10 Å². The van der Waals surface area contributed by atoms with E-state index in [9.17, 15) is 4.79 Å². The molecule has 4 rings (SSSR count). The SMILES string of the molecule is Cc1ccc(N2CC[C@@H]3C[C@H](C(=O)NC4CCCC4)O[C@@H]3C2)nn1. The van der Waals surface area contributed by atoms with Crippen LogP contribution in [0.5, 0.6) is 0 Å². The molecule has 6 nitrogen and oxygen atoms in total. The maximum absolute atomic E-state index is 12.5. The van der Waals surface area contributed by atoms with Gasteiger partial charge in [-0.3, -0.25) is 4.79 Å². The van der Waals surface area contributed by atoms with E-state index in [1.807, 2.05) is 19.1 Å². The molecule has 1 saturated carbocycles. The predicted molar refractivity (Wildman–Crippen MR) is 90.8 cm³/mol. The third-order valence-electron chi connectivity index (χ3n) is 5.65. The number of ether oxygens (including phenoxy) is 1. The van der Waals surface area contributed by atoms with Crippen molar-refractivity contribution < 1.29 is 9.53 Å². The van der Waals surface area contributed by atoms with Gasteiger partial charge in [0.1, 0.15) is 6.10 Å². The van der Waals surface area contributed by atoms with Gasteiger partial charge in [0, 0.05) is 19.1 Å². The van der Waals surface area contributed by atoms with Crippen molar-refractivity contribution in [3.8, 4) is 0 Å². The van der Waals surface area contributed by atoms with Gasteiger partial charge in [0.25, 0.3) is 0 Å². The van der Waals surface area contributed by atoms with Crippen LogP contribution in [0.4, 0.5) is 5.82 Å². The van der Waals surface area contributed by atoms with Gasteiger partial charge < -0.3 is 15.0 Å². The molecule has 130 valence electrons. The molecular weight excluding hydrogens is 304 g/mol. The van der Waals surface area contributed by atoms with Crippen LogP contribution in [0.1, 0.15) is 44.2 Å². The molecule has 1 N–H and O–H groups in total. The Morgan fingerprint density at radius 3 is 2.83 bits per heavy atom. The monoisotopic (exact) mass is 330 g/mol. The minimum atomic E-state index is -0.273. The second-order valence-corrected chi connectivity index (χ2v) is 7.42. The van der Waals surface area contributed by atoms with Crippen molar-refractivity contribution in [1.29, 1.82) is 0 Å². The Balaban J connectivity index is 1.35. The molecule has 3 atom stereocenters. The third kappa shape index (κ3) is 3.24. The highest BCUT2D eigenvalue weighted by atomic mass is 16.5. The van der Waals surface area contributed by atoms with Gasteiger partial charge in [0.05, 0.1) is 11.8 Å². The molecule has 2 saturated heterocycles. The molecule has 6 heteroatoms. The largest absolute Gasteiger partial charge is 0.363 e. The van der Waals surface area contributed by atoms with Crippen LogP contribution in [-0.2, 0) is 9.53 Å². The molecule has 0 bridgehead atoms. The smallest absolute Gasteiger partial charge is 0.249 e. The van der Waals surface area contributed by atoms with Gasteiger partial charge in [-0.05, 0) is 50.7 Å². The molecule has 3 aliphatic rings. The minimum absolute atomic E-state index is 0.0953. The molecule has 0 radical (unpaired) electrons. The first-order valence-corrected chi connectivity index (χ1v) is 9.20. The highest BCUT2D eigenvalue weighted by molar-refractivity contribution is 5.81. The average Bonchev–Trinajstić information content (AvgIpc) is 3.24. The van der Waals surface area contributed by atoms with E-state index in [-0.39, 0.29) is 18.1 Å². The molecule has 3 heterocycles. The van der Waals surface area contributed by atoms with Crippen LogP contribution in [-0.4, -0.2) is 47.4 Å². The topological polar surface area (TPSA) is 67.4 Å². The number of carbonyl (C=O) groups excluding carboxylic acids is 1. The van der Waals surface area contributed by atoms with Crippen molar-refractivity contribution in [2.75, 3.05) is 18.0 Å². The van der Waals surface area contributed by atoms with Crippen molar-refractivity contribution in [2.24, 2.45) is 5.92 Å². The molecule has 0 unspecified atom stereocenters. The molecule has 1 aromatic heterocycles. The molecule has 0 spiro atoms. The van der Waals surface area contributed by atoms with E-state index in [0.29, 0.717) is 12.0 Å². The first kappa shape index (κ1) is 15.8. The zero-order valence-electron chi connectivity index (χ0n) is 14.3. The van der Waals surface area contributed by atoms with Gasteiger partial charge in [-0.15, -0.1) is 5.10 Å². The zero-order valence-corrected chi connectivity index (χ0v) is 14.3. The first-order valence-electron chi connectivity index (χ1n) is 9.20. The molecule has 24 heavy (non-hydrogen) atoms. The number of hydrogen-bond acceptors (Lipinski definition) is 5. The summed E-state index contributed by atoms with van der Waals surface area (Å²) in [7, 11) is 0. The third-order valence-corrected chi connectivity index (χ3v) is 5.65. The summed E-state index contributed by atoms with van der Waals surface area (Å²) in [5.74, 6) is 1.48. The van der Waals surface area contributed by atoms with Crippen LogP contribution in [0.15, 0.2) is 12.1 Å². The van der Waals surface area contributed by atoms with E-state index >= 15 is 0 Å². The number of anilines is 1. The number of aryl methyl sites for hydroxylation is 1. The predicted octanol–water partition coefficient (Wildman–Crippen LogP) is 1.83. The number of carbonyl (C=O) groups is 1. The van der Waals surface area contributed by atoms with E-state index in [1.54, 1.807) is 0 Å². The molecule has 3 fully saturated rings. The van der Waals surface area contributed by atoms with E-state index in [4.69, 9.17) is 4.74 Å². The number of amides is 1. The van der Waals surface area contributed by atoms with E-state index in [2.05, 4.69) is 20.4 Å². The minimum Gasteiger partial charge on any atom is -0.363 e. The summed E-state index contributed by atoms with van der Waals surface area (Å²) in [6.45, 7) is 3.70. The number of rotatable bonds is 3.